The zero-order valence-electron chi connectivity index (χ0n) is 7.77. The number of nitrogens with zero attached hydrogens (tertiary/aromatic N) is 1. The molecule has 0 aliphatic heterocycles. The Bertz CT molecular complexity index is 163. The summed E-state index contributed by atoms with van der Waals surface area (Å²) in [5.41, 5.74) is 0. The molecule has 0 bridgehead atoms. The molecule has 0 heterocycles. The molecule has 13 heavy (non-hydrogen) atoms. The third-order valence-corrected chi connectivity index (χ3v) is 1.80. The van der Waals surface area contributed by atoms with Gasteiger partial charge in [0.05, 0.1) is 20.0 Å². The van der Waals surface area contributed by atoms with Crippen molar-refractivity contribution < 1.29 is 25.0 Å². The fraction of sp³-hybridized carbons (Fsp3) is 0.857. The van der Waals surface area contributed by atoms with Gasteiger partial charge < -0.3 is 20.2 Å². The van der Waals surface area contributed by atoms with Crippen LogP contribution in [0.5, 0.6) is 0 Å². The van der Waals surface area contributed by atoms with Crippen LogP contribution in [-0.2, 0) is 4.79 Å². The van der Waals surface area contributed by atoms with Gasteiger partial charge in [-0.1, -0.05) is 0 Å². The minimum atomic E-state index is -0.873. The Labute approximate surface area is 82.4 Å². The Morgan fingerprint density at radius 1 is 1.54 bits per heavy atom. The van der Waals surface area contributed by atoms with Gasteiger partial charge in [0.1, 0.15) is 12.6 Å². The van der Waals surface area contributed by atoms with Crippen LogP contribution in [0.15, 0.2) is 0 Å². The molecule has 1 unspecified atom stereocenters. The highest BCUT2D eigenvalue weighted by Crippen LogP contribution is 2.00. The number of likely N-dealkylation sites (N-methyl/N-ethyl adjacent to an activating group) is 1. The van der Waals surface area contributed by atoms with E-state index >= 15 is 0 Å². The van der Waals surface area contributed by atoms with Crippen molar-refractivity contribution >= 4 is 17.6 Å². The zero-order valence-corrected chi connectivity index (χ0v) is 8.53. The summed E-state index contributed by atoms with van der Waals surface area (Å²) in [6.45, 7) is 0.351. The second kappa shape index (κ2) is 6.15. The molecule has 5 nitrogen and oxygen atoms in total. The van der Waals surface area contributed by atoms with Gasteiger partial charge in [0.2, 0.25) is 0 Å². The highest BCUT2D eigenvalue weighted by Gasteiger charge is 2.22. The number of halogens is 1. The summed E-state index contributed by atoms with van der Waals surface area (Å²) in [5, 5.41) is 17.7. The lowest BCUT2D eigenvalue weighted by Gasteiger charge is -2.29. The molecule has 0 radical (unpaired) electrons. The van der Waals surface area contributed by atoms with Crippen LogP contribution >= 0.6 is 11.6 Å². The summed E-state index contributed by atoms with van der Waals surface area (Å²) in [7, 11) is 3.48. The lowest BCUT2D eigenvalue weighted by Crippen LogP contribution is -2.48. The first-order valence-corrected chi connectivity index (χ1v) is 4.18. The van der Waals surface area contributed by atoms with Gasteiger partial charge in [0.25, 0.3) is 0 Å². The molecule has 1 atom stereocenters. The predicted octanol–water partition coefficient (Wildman–Crippen LogP) is -0.430. The summed E-state index contributed by atoms with van der Waals surface area (Å²) < 4.78 is 0.239. The topological polar surface area (TPSA) is 87.5 Å². The first kappa shape index (κ1) is 15.1. The first-order valence-electron chi connectivity index (χ1n) is 3.65. The van der Waals surface area contributed by atoms with Crippen molar-refractivity contribution in [3.8, 4) is 0 Å². The molecule has 0 amide bonds. The monoisotopic (exact) mass is 213 g/mol. The Hall–Kier alpha value is -0.360. The average Bonchev–Trinajstić information content (AvgIpc) is 1.83. The molecule has 80 valence electrons. The minimum absolute atomic E-state index is 0. The quantitative estimate of drug-likeness (QED) is 0.479. The molecule has 6 heteroatoms. The number of quaternary nitrogens is 1. The highest BCUT2D eigenvalue weighted by atomic mass is 35.5. The number of hydrogen-bond acceptors (Lipinski definition) is 3. The van der Waals surface area contributed by atoms with Crippen molar-refractivity contribution in [2.75, 3.05) is 33.1 Å². The third-order valence-electron chi connectivity index (χ3n) is 1.45. The van der Waals surface area contributed by atoms with Crippen LogP contribution in [0.3, 0.4) is 0 Å². The van der Waals surface area contributed by atoms with Gasteiger partial charge in [0.15, 0.2) is 6.54 Å². The van der Waals surface area contributed by atoms with E-state index in [9.17, 15) is 4.79 Å². The number of carboxylic acids is 1. The number of aliphatic carboxylic acids is 1. The minimum Gasteiger partial charge on any atom is -0.870 e. The van der Waals surface area contributed by atoms with Crippen LogP contribution in [0.1, 0.15) is 0 Å². The molecule has 0 aliphatic carbocycles. The van der Waals surface area contributed by atoms with Crippen LogP contribution < -0.4 is 0 Å². The number of carbonyl (C=O) groups is 1. The Balaban J connectivity index is 0. The smallest absolute Gasteiger partial charge is 0.359 e. The van der Waals surface area contributed by atoms with Crippen molar-refractivity contribution in [1.82, 2.24) is 0 Å². The summed E-state index contributed by atoms with van der Waals surface area (Å²) in [4.78, 5) is 10.4. The molecule has 0 spiro atoms. The van der Waals surface area contributed by atoms with Gasteiger partial charge >= 0.3 is 5.97 Å². The standard InChI is InChI=1S/C7H14ClNO3.H2O/c1-9(2,5-7(11)12)4-6(10)3-8;/h6,10H,3-5H2,1-2H3;1H2. The number of alkyl halides is 1. The molecule has 0 aromatic carbocycles. The van der Waals surface area contributed by atoms with E-state index in [-0.39, 0.29) is 22.4 Å². The van der Waals surface area contributed by atoms with Crippen LogP contribution in [0.4, 0.5) is 0 Å². The third kappa shape index (κ3) is 7.98. The van der Waals surface area contributed by atoms with E-state index < -0.39 is 12.1 Å². The molecule has 0 rings (SSSR count). The van der Waals surface area contributed by atoms with Crippen molar-refractivity contribution in [3.63, 3.8) is 0 Å². The van der Waals surface area contributed by atoms with Crippen molar-refractivity contribution in [1.29, 1.82) is 0 Å². The van der Waals surface area contributed by atoms with Gasteiger partial charge in [-0.05, 0) is 0 Å². The van der Waals surface area contributed by atoms with Crippen LogP contribution in [0.2, 0.25) is 0 Å². The lowest BCUT2D eigenvalue weighted by atomic mass is 10.3. The van der Waals surface area contributed by atoms with E-state index in [1.165, 1.54) is 0 Å². The van der Waals surface area contributed by atoms with Gasteiger partial charge in [-0.15, -0.1) is 11.6 Å². The Kier molecular flexibility index (Phi) is 7.15. The molecule has 0 aromatic heterocycles. The average molecular weight is 214 g/mol. The first-order chi connectivity index (χ1) is 5.37. The van der Waals surface area contributed by atoms with Crippen molar-refractivity contribution in [2.24, 2.45) is 0 Å². The molecule has 0 fully saturated rings. The number of aliphatic hydroxyl groups excluding tert-OH is 1. The second-order valence-corrected chi connectivity index (χ2v) is 3.79. The van der Waals surface area contributed by atoms with E-state index in [1.54, 1.807) is 14.1 Å². The zero-order chi connectivity index (χ0) is 9.78. The molecular formula is C7H16ClNO4. The maximum Gasteiger partial charge on any atom is 0.359 e. The van der Waals surface area contributed by atoms with Crippen molar-refractivity contribution in [3.05, 3.63) is 0 Å². The normalized spacial score (nSPS) is 13.2. The Morgan fingerprint density at radius 3 is 2.31 bits per heavy atom. The largest absolute Gasteiger partial charge is 0.870 e. The van der Waals surface area contributed by atoms with Crippen LogP contribution in [0, 0.1) is 0 Å². The van der Waals surface area contributed by atoms with Crippen molar-refractivity contribution in [2.45, 2.75) is 6.10 Å². The maximum atomic E-state index is 10.4. The van der Waals surface area contributed by atoms with E-state index in [4.69, 9.17) is 21.8 Å². The number of carboxylic acid groups (broad SMARTS) is 1. The number of hydrogen-bond donors (Lipinski definition) is 2. The fourth-order valence-electron chi connectivity index (χ4n) is 1.05. The lowest BCUT2D eigenvalue weighted by molar-refractivity contribution is -0.885. The molecule has 0 saturated heterocycles. The van der Waals surface area contributed by atoms with E-state index in [0.29, 0.717) is 6.54 Å². The van der Waals surface area contributed by atoms with E-state index in [1.807, 2.05) is 0 Å². The van der Waals surface area contributed by atoms with Crippen LogP contribution in [0.25, 0.3) is 0 Å². The van der Waals surface area contributed by atoms with Gasteiger partial charge in [-0.25, -0.2) is 4.79 Å². The SMILES string of the molecule is C[N+](C)(CC(=O)O)CC(O)CCl.[OH-]. The predicted molar refractivity (Wildman–Crippen MR) is 48.1 cm³/mol. The van der Waals surface area contributed by atoms with Gasteiger partial charge in [-0.2, -0.15) is 0 Å². The molecule has 3 N–H and O–H groups in total. The fourth-order valence-corrected chi connectivity index (χ4v) is 1.15. The van der Waals surface area contributed by atoms with Gasteiger partial charge in [0, 0.05) is 0 Å². The number of aliphatic hydroxyl groups is 1. The summed E-state index contributed by atoms with van der Waals surface area (Å²) in [5.74, 6) is -0.733. The maximum absolute atomic E-state index is 10.4. The van der Waals surface area contributed by atoms with E-state index in [0.717, 1.165) is 0 Å². The summed E-state index contributed by atoms with van der Waals surface area (Å²) in [6.07, 6.45) is -0.638. The van der Waals surface area contributed by atoms with Crippen LogP contribution in [-0.4, -0.2) is 65.3 Å². The van der Waals surface area contributed by atoms with Gasteiger partial charge in [-0.3, -0.25) is 0 Å². The molecule has 0 aromatic rings. The van der Waals surface area contributed by atoms with E-state index in [2.05, 4.69) is 0 Å². The Morgan fingerprint density at radius 2 is 2.00 bits per heavy atom. The summed E-state index contributed by atoms with van der Waals surface area (Å²) >= 11 is 5.39. The number of rotatable bonds is 5. The molecular weight excluding hydrogens is 198 g/mol. The molecule has 0 aliphatic rings. The highest BCUT2D eigenvalue weighted by molar-refractivity contribution is 6.18. The molecule has 0 saturated carbocycles. The second-order valence-electron chi connectivity index (χ2n) is 3.48. The summed E-state index contributed by atoms with van der Waals surface area (Å²) in [6, 6.07) is 0.